The smallest absolute Gasteiger partial charge is 0.259 e. The standard InChI is InChI=1S/C19H24N2O4/c1-4-5-18-16(11-20-25-18)19(22)21-9-8-13(12-21)15-10-14(23-2)6-7-17(15)24-3/h6-7,10-11,13H,4-5,8-9,12H2,1-3H3. The van der Waals surface area contributed by atoms with Gasteiger partial charge in [0.25, 0.3) is 5.91 Å². The second-order valence-corrected chi connectivity index (χ2v) is 6.26. The molecule has 6 nitrogen and oxygen atoms in total. The molecule has 134 valence electrons. The number of benzene rings is 1. The normalized spacial score (nSPS) is 16.9. The van der Waals surface area contributed by atoms with E-state index in [1.54, 1.807) is 14.2 Å². The lowest BCUT2D eigenvalue weighted by molar-refractivity contribution is 0.0788. The van der Waals surface area contributed by atoms with E-state index in [0.29, 0.717) is 24.4 Å². The summed E-state index contributed by atoms with van der Waals surface area (Å²) in [4.78, 5) is 14.7. The Balaban J connectivity index is 1.77. The molecule has 1 amide bonds. The minimum Gasteiger partial charge on any atom is -0.497 e. The number of hydrogen-bond donors (Lipinski definition) is 0. The molecular formula is C19H24N2O4. The molecule has 6 heteroatoms. The maximum absolute atomic E-state index is 12.8. The molecule has 0 aliphatic carbocycles. The number of likely N-dealkylation sites (tertiary alicyclic amines) is 1. The number of nitrogens with zero attached hydrogens (tertiary/aromatic N) is 2. The molecule has 1 aliphatic rings. The van der Waals surface area contributed by atoms with Crippen LogP contribution in [0.3, 0.4) is 0 Å². The van der Waals surface area contributed by atoms with Crippen LogP contribution in [0.1, 0.15) is 47.4 Å². The monoisotopic (exact) mass is 344 g/mol. The highest BCUT2D eigenvalue weighted by molar-refractivity contribution is 5.95. The van der Waals surface area contributed by atoms with Crippen LogP contribution in [0.2, 0.25) is 0 Å². The maximum atomic E-state index is 12.8. The van der Waals surface area contributed by atoms with E-state index in [2.05, 4.69) is 12.1 Å². The van der Waals surface area contributed by atoms with Gasteiger partial charge in [-0.25, -0.2) is 0 Å². The summed E-state index contributed by atoms with van der Waals surface area (Å²) in [5.74, 6) is 2.52. The molecule has 2 heterocycles. The predicted molar refractivity (Wildman–Crippen MR) is 93.3 cm³/mol. The second kappa shape index (κ2) is 7.59. The van der Waals surface area contributed by atoms with Gasteiger partial charge in [0.05, 0.1) is 20.4 Å². The third-order valence-corrected chi connectivity index (χ3v) is 4.70. The second-order valence-electron chi connectivity index (χ2n) is 6.26. The van der Waals surface area contributed by atoms with Crippen LogP contribution in [0.25, 0.3) is 0 Å². The van der Waals surface area contributed by atoms with Gasteiger partial charge < -0.3 is 18.9 Å². The van der Waals surface area contributed by atoms with Gasteiger partial charge >= 0.3 is 0 Å². The highest BCUT2D eigenvalue weighted by Crippen LogP contribution is 2.36. The Kier molecular flexibility index (Phi) is 5.26. The molecular weight excluding hydrogens is 320 g/mol. The quantitative estimate of drug-likeness (QED) is 0.805. The first-order valence-electron chi connectivity index (χ1n) is 8.62. The molecule has 1 fully saturated rings. The van der Waals surface area contributed by atoms with Crippen molar-refractivity contribution in [3.8, 4) is 11.5 Å². The Bertz CT molecular complexity index is 741. The van der Waals surface area contributed by atoms with Crippen LogP contribution in [-0.4, -0.2) is 43.3 Å². The summed E-state index contributed by atoms with van der Waals surface area (Å²) in [6.45, 7) is 3.41. The van der Waals surface area contributed by atoms with Crippen LogP contribution in [0.4, 0.5) is 0 Å². The fraction of sp³-hybridized carbons (Fsp3) is 0.474. The fourth-order valence-corrected chi connectivity index (χ4v) is 3.37. The molecule has 0 saturated carbocycles. The van der Waals surface area contributed by atoms with Gasteiger partial charge in [-0.15, -0.1) is 0 Å². The minimum absolute atomic E-state index is 0.00550. The molecule has 0 radical (unpaired) electrons. The Morgan fingerprint density at radius 2 is 2.20 bits per heavy atom. The Labute approximate surface area is 147 Å². The van der Waals surface area contributed by atoms with Crippen LogP contribution in [-0.2, 0) is 6.42 Å². The summed E-state index contributed by atoms with van der Waals surface area (Å²) in [6.07, 6.45) is 4.07. The molecule has 1 saturated heterocycles. The summed E-state index contributed by atoms with van der Waals surface area (Å²) in [5.41, 5.74) is 1.66. The van der Waals surface area contributed by atoms with Gasteiger partial charge in [-0.05, 0) is 31.0 Å². The minimum atomic E-state index is -0.00550. The van der Waals surface area contributed by atoms with Gasteiger partial charge in [-0.3, -0.25) is 4.79 Å². The number of aryl methyl sites for hydroxylation is 1. The van der Waals surface area contributed by atoms with Gasteiger partial charge in [-0.1, -0.05) is 12.1 Å². The van der Waals surface area contributed by atoms with Gasteiger partial charge in [-0.2, -0.15) is 0 Å². The highest BCUT2D eigenvalue weighted by atomic mass is 16.5. The molecule has 1 atom stereocenters. The highest BCUT2D eigenvalue weighted by Gasteiger charge is 2.31. The topological polar surface area (TPSA) is 64.8 Å². The predicted octanol–water partition coefficient (Wildman–Crippen LogP) is 3.27. The van der Waals surface area contributed by atoms with E-state index < -0.39 is 0 Å². The number of rotatable bonds is 6. The van der Waals surface area contributed by atoms with Crippen molar-refractivity contribution in [2.75, 3.05) is 27.3 Å². The summed E-state index contributed by atoms with van der Waals surface area (Å²) in [7, 11) is 3.31. The van der Waals surface area contributed by atoms with Crippen LogP contribution in [0.15, 0.2) is 28.9 Å². The van der Waals surface area contributed by atoms with E-state index in [1.807, 2.05) is 23.1 Å². The first kappa shape index (κ1) is 17.3. The Morgan fingerprint density at radius 3 is 2.92 bits per heavy atom. The fourth-order valence-electron chi connectivity index (χ4n) is 3.37. The van der Waals surface area contributed by atoms with Crippen molar-refractivity contribution in [3.05, 3.63) is 41.3 Å². The maximum Gasteiger partial charge on any atom is 0.259 e. The average molecular weight is 344 g/mol. The van der Waals surface area contributed by atoms with Crippen molar-refractivity contribution in [2.24, 2.45) is 0 Å². The molecule has 0 bridgehead atoms. The number of methoxy groups -OCH3 is 2. The third-order valence-electron chi connectivity index (χ3n) is 4.70. The average Bonchev–Trinajstić information content (AvgIpc) is 3.30. The van der Waals surface area contributed by atoms with Crippen LogP contribution in [0.5, 0.6) is 11.5 Å². The third kappa shape index (κ3) is 3.48. The van der Waals surface area contributed by atoms with Crippen molar-refractivity contribution >= 4 is 5.91 Å². The number of aromatic nitrogens is 1. The van der Waals surface area contributed by atoms with Crippen LogP contribution >= 0.6 is 0 Å². The zero-order valence-corrected chi connectivity index (χ0v) is 14.9. The lowest BCUT2D eigenvalue weighted by Crippen LogP contribution is -2.28. The van der Waals surface area contributed by atoms with E-state index in [1.165, 1.54) is 6.20 Å². The van der Waals surface area contributed by atoms with E-state index in [-0.39, 0.29) is 11.8 Å². The number of ether oxygens (including phenoxy) is 2. The summed E-state index contributed by atoms with van der Waals surface area (Å²) < 4.78 is 16.1. The van der Waals surface area contributed by atoms with Crippen molar-refractivity contribution in [1.82, 2.24) is 10.1 Å². The lowest BCUT2D eigenvalue weighted by atomic mass is 9.97. The number of carbonyl (C=O) groups is 1. The van der Waals surface area contributed by atoms with Crippen molar-refractivity contribution in [3.63, 3.8) is 0 Å². The van der Waals surface area contributed by atoms with Gasteiger partial charge in [0.2, 0.25) is 0 Å². The first-order valence-corrected chi connectivity index (χ1v) is 8.62. The molecule has 2 aromatic rings. The van der Waals surface area contributed by atoms with Gasteiger partial charge in [0.15, 0.2) is 0 Å². The van der Waals surface area contributed by atoms with Gasteiger partial charge in [0.1, 0.15) is 22.8 Å². The van der Waals surface area contributed by atoms with E-state index in [0.717, 1.165) is 36.3 Å². The zero-order valence-electron chi connectivity index (χ0n) is 14.9. The van der Waals surface area contributed by atoms with Crippen LogP contribution in [0, 0.1) is 0 Å². The number of amides is 1. The SMILES string of the molecule is CCCc1oncc1C(=O)N1CCC(c2cc(OC)ccc2OC)C1. The molecule has 25 heavy (non-hydrogen) atoms. The molecule has 0 spiro atoms. The van der Waals surface area contributed by atoms with Crippen molar-refractivity contribution in [2.45, 2.75) is 32.1 Å². The lowest BCUT2D eigenvalue weighted by Gasteiger charge is -2.18. The number of carbonyl (C=O) groups excluding carboxylic acids is 1. The first-order chi connectivity index (χ1) is 12.2. The van der Waals surface area contributed by atoms with Crippen molar-refractivity contribution < 1.29 is 18.8 Å². The number of hydrogen-bond acceptors (Lipinski definition) is 5. The van der Waals surface area contributed by atoms with Crippen molar-refractivity contribution in [1.29, 1.82) is 0 Å². The van der Waals surface area contributed by atoms with Crippen LogP contribution < -0.4 is 9.47 Å². The molecule has 1 unspecified atom stereocenters. The molecule has 1 aromatic heterocycles. The largest absolute Gasteiger partial charge is 0.497 e. The van der Waals surface area contributed by atoms with E-state index in [4.69, 9.17) is 14.0 Å². The summed E-state index contributed by atoms with van der Waals surface area (Å²) in [5, 5.41) is 3.80. The zero-order chi connectivity index (χ0) is 17.8. The van der Waals surface area contributed by atoms with Gasteiger partial charge in [0, 0.05) is 31.0 Å². The molecule has 1 aromatic carbocycles. The molecule has 1 aliphatic heterocycles. The molecule has 3 rings (SSSR count). The van der Waals surface area contributed by atoms with E-state index >= 15 is 0 Å². The summed E-state index contributed by atoms with van der Waals surface area (Å²) in [6, 6.07) is 5.80. The summed E-state index contributed by atoms with van der Waals surface area (Å²) >= 11 is 0. The Hall–Kier alpha value is -2.50. The van der Waals surface area contributed by atoms with E-state index in [9.17, 15) is 4.79 Å². The molecule has 0 N–H and O–H groups in total. The Morgan fingerprint density at radius 1 is 1.36 bits per heavy atom.